The molecule has 4 rings (SSSR count). The van der Waals surface area contributed by atoms with Crippen LogP contribution in [0.2, 0.25) is 0 Å². The summed E-state index contributed by atoms with van der Waals surface area (Å²) in [5.74, 6) is 0.926. The van der Waals surface area contributed by atoms with E-state index in [2.05, 4.69) is 24.8 Å². The van der Waals surface area contributed by atoms with Gasteiger partial charge in [-0.3, -0.25) is 14.6 Å². The first-order chi connectivity index (χ1) is 12.1. The summed E-state index contributed by atoms with van der Waals surface area (Å²) >= 11 is 1.40. The van der Waals surface area contributed by atoms with Crippen LogP contribution in [0.15, 0.2) is 34.6 Å². The molecule has 128 valence electrons. The lowest BCUT2D eigenvalue weighted by molar-refractivity contribution is 0.1000. The van der Waals surface area contributed by atoms with Crippen molar-refractivity contribution in [2.45, 2.75) is 0 Å². The van der Waals surface area contributed by atoms with Gasteiger partial charge < -0.3 is 15.5 Å². The van der Waals surface area contributed by atoms with Crippen molar-refractivity contribution in [3.63, 3.8) is 0 Å². The normalized spacial score (nSPS) is 14.9. The molecule has 1 fully saturated rings. The number of pyridine rings is 1. The topological polar surface area (TPSA) is 108 Å². The first-order valence-corrected chi connectivity index (χ1v) is 8.73. The highest BCUT2D eigenvalue weighted by Gasteiger charge is 2.20. The Morgan fingerprint density at radius 3 is 2.60 bits per heavy atom. The third-order valence-corrected chi connectivity index (χ3v) is 5.14. The van der Waals surface area contributed by atoms with E-state index in [0.29, 0.717) is 16.2 Å². The Labute approximate surface area is 146 Å². The van der Waals surface area contributed by atoms with Crippen molar-refractivity contribution in [3.8, 4) is 0 Å². The Morgan fingerprint density at radius 2 is 1.92 bits per heavy atom. The minimum absolute atomic E-state index is 0.0962. The molecule has 1 saturated heterocycles. The molecule has 0 aliphatic carbocycles. The minimum Gasteiger partial charge on any atom is -0.366 e. The summed E-state index contributed by atoms with van der Waals surface area (Å²) < 4.78 is 0.654. The molecule has 1 aliphatic heterocycles. The average molecular weight is 356 g/mol. The third kappa shape index (κ3) is 2.93. The van der Waals surface area contributed by atoms with Crippen LogP contribution >= 0.6 is 11.3 Å². The number of aromatic nitrogens is 3. The van der Waals surface area contributed by atoms with Crippen LogP contribution < -0.4 is 21.1 Å². The van der Waals surface area contributed by atoms with Gasteiger partial charge in [-0.1, -0.05) is 0 Å². The fraction of sp³-hybridized carbons (Fsp3) is 0.250. The van der Waals surface area contributed by atoms with Gasteiger partial charge in [0.1, 0.15) is 10.5 Å². The number of hydrogen-bond donors (Lipinski definition) is 2. The summed E-state index contributed by atoms with van der Waals surface area (Å²) in [6.45, 7) is 2.93. The van der Waals surface area contributed by atoms with Crippen LogP contribution in [0, 0.1) is 0 Å². The zero-order chi connectivity index (χ0) is 17.4. The van der Waals surface area contributed by atoms with E-state index in [1.54, 1.807) is 12.1 Å². The quantitative estimate of drug-likeness (QED) is 0.719. The van der Waals surface area contributed by atoms with E-state index in [1.807, 2.05) is 11.4 Å². The van der Waals surface area contributed by atoms with Gasteiger partial charge >= 0.3 is 0 Å². The van der Waals surface area contributed by atoms with E-state index in [4.69, 9.17) is 5.73 Å². The number of carbonyl (C=O) groups is 1. The Balaban J connectivity index is 1.48. The van der Waals surface area contributed by atoms with Gasteiger partial charge in [0, 0.05) is 32.4 Å². The van der Waals surface area contributed by atoms with Gasteiger partial charge in [-0.15, -0.1) is 11.3 Å². The predicted octanol–water partition coefficient (Wildman–Crippen LogP) is 0.805. The maximum absolute atomic E-state index is 12.1. The molecule has 9 heteroatoms. The summed E-state index contributed by atoms with van der Waals surface area (Å²) in [4.78, 5) is 39.1. The molecule has 3 aromatic rings. The summed E-state index contributed by atoms with van der Waals surface area (Å²) in [5, 5.41) is 1.87. The lowest BCUT2D eigenvalue weighted by atomic mass is 10.2. The first kappa shape index (κ1) is 15.6. The van der Waals surface area contributed by atoms with E-state index in [9.17, 15) is 9.59 Å². The average Bonchev–Trinajstić information content (AvgIpc) is 3.11. The van der Waals surface area contributed by atoms with Crippen molar-refractivity contribution in [2.24, 2.45) is 5.73 Å². The van der Waals surface area contributed by atoms with E-state index in [-0.39, 0.29) is 5.56 Å². The second kappa shape index (κ2) is 6.17. The maximum Gasteiger partial charge on any atom is 0.270 e. The molecule has 1 aliphatic rings. The van der Waals surface area contributed by atoms with Crippen LogP contribution in [-0.2, 0) is 0 Å². The van der Waals surface area contributed by atoms with Crippen molar-refractivity contribution in [3.05, 3.63) is 45.7 Å². The van der Waals surface area contributed by atoms with Crippen molar-refractivity contribution in [1.29, 1.82) is 0 Å². The number of primary amides is 1. The lowest BCUT2D eigenvalue weighted by Crippen LogP contribution is -2.47. The van der Waals surface area contributed by atoms with Crippen LogP contribution in [0.25, 0.3) is 10.2 Å². The van der Waals surface area contributed by atoms with Gasteiger partial charge in [-0.05, 0) is 23.6 Å². The maximum atomic E-state index is 12.1. The first-order valence-electron chi connectivity index (χ1n) is 7.85. The van der Waals surface area contributed by atoms with Crippen molar-refractivity contribution < 1.29 is 4.79 Å². The second-order valence-corrected chi connectivity index (χ2v) is 6.68. The summed E-state index contributed by atoms with van der Waals surface area (Å²) in [6.07, 6.45) is 1.49. The van der Waals surface area contributed by atoms with Crippen LogP contribution in [0.5, 0.6) is 0 Å². The number of rotatable bonds is 3. The number of thiophene rings is 1. The van der Waals surface area contributed by atoms with E-state index in [1.165, 1.54) is 17.5 Å². The standard InChI is InChI=1S/C16H16N6O2S/c17-14(23)10-1-2-12(18-9-10)21-4-6-22(7-5-21)16-19-11-3-8-25-13(11)15(24)20-16/h1-3,8-9H,4-7H2,(H2,17,23)(H,19,20,24). The molecular formula is C16H16N6O2S. The van der Waals surface area contributed by atoms with Crippen molar-refractivity contribution in [2.75, 3.05) is 36.0 Å². The molecule has 0 atom stereocenters. The Morgan fingerprint density at radius 1 is 1.16 bits per heavy atom. The molecule has 0 spiro atoms. The molecule has 1 amide bonds. The van der Waals surface area contributed by atoms with Gasteiger partial charge in [-0.25, -0.2) is 9.97 Å². The molecule has 8 nitrogen and oxygen atoms in total. The molecule has 0 radical (unpaired) electrons. The summed E-state index contributed by atoms with van der Waals surface area (Å²) in [6, 6.07) is 5.34. The van der Waals surface area contributed by atoms with Gasteiger partial charge in [-0.2, -0.15) is 0 Å². The number of hydrogen-bond acceptors (Lipinski definition) is 7. The van der Waals surface area contributed by atoms with Gasteiger partial charge in [0.15, 0.2) is 0 Å². The molecular weight excluding hydrogens is 340 g/mol. The third-order valence-electron chi connectivity index (χ3n) is 4.24. The largest absolute Gasteiger partial charge is 0.366 e. The number of anilines is 2. The van der Waals surface area contributed by atoms with Gasteiger partial charge in [0.2, 0.25) is 11.9 Å². The molecule has 0 aromatic carbocycles. The zero-order valence-electron chi connectivity index (χ0n) is 13.3. The molecule has 25 heavy (non-hydrogen) atoms. The number of carbonyl (C=O) groups excluding carboxylic acids is 1. The number of amides is 1. The van der Waals surface area contributed by atoms with E-state index < -0.39 is 5.91 Å². The van der Waals surface area contributed by atoms with Crippen LogP contribution in [0.4, 0.5) is 11.8 Å². The molecule has 0 bridgehead atoms. The fourth-order valence-corrected chi connectivity index (χ4v) is 3.60. The monoisotopic (exact) mass is 356 g/mol. The molecule has 0 unspecified atom stereocenters. The Hall–Kier alpha value is -2.94. The van der Waals surface area contributed by atoms with Crippen molar-refractivity contribution >= 4 is 39.2 Å². The minimum atomic E-state index is -0.484. The van der Waals surface area contributed by atoms with Crippen LogP contribution in [-0.4, -0.2) is 47.0 Å². The summed E-state index contributed by atoms with van der Waals surface area (Å²) in [5.41, 5.74) is 6.27. The molecule has 0 saturated carbocycles. The van der Waals surface area contributed by atoms with Gasteiger partial charge in [0.25, 0.3) is 5.56 Å². The molecule has 3 aromatic heterocycles. The molecule has 4 heterocycles. The number of aromatic amines is 1. The number of nitrogens with two attached hydrogens (primary N) is 1. The lowest BCUT2D eigenvalue weighted by Gasteiger charge is -2.35. The van der Waals surface area contributed by atoms with Crippen LogP contribution in [0.3, 0.4) is 0 Å². The Kier molecular flexibility index (Phi) is 3.85. The number of piperazine rings is 1. The number of nitrogens with one attached hydrogen (secondary N) is 1. The predicted molar refractivity (Wildman–Crippen MR) is 97.4 cm³/mol. The highest BCUT2D eigenvalue weighted by atomic mass is 32.1. The van der Waals surface area contributed by atoms with Crippen molar-refractivity contribution in [1.82, 2.24) is 15.0 Å². The van der Waals surface area contributed by atoms with E-state index >= 15 is 0 Å². The number of nitrogens with zero attached hydrogens (tertiary/aromatic N) is 4. The fourth-order valence-electron chi connectivity index (χ4n) is 2.88. The summed E-state index contributed by atoms with van der Waals surface area (Å²) in [7, 11) is 0. The number of fused-ring (bicyclic) bond motifs is 1. The van der Waals surface area contributed by atoms with Crippen LogP contribution in [0.1, 0.15) is 10.4 Å². The Bertz CT molecular complexity index is 972. The smallest absolute Gasteiger partial charge is 0.270 e. The van der Waals surface area contributed by atoms with E-state index in [0.717, 1.165) is 37.5 Å². The zero-order valence-corrected chi connectivity index (χ0v) is 14.1. The van der Waals surface area contributed by atoms with Gasteiger partial charge in [0.05, 0.1) is 11.1 Å². The SMILES string of the molecule is NC(=O)c1ccc(N2CCN(c3nc4ccsc4c(=O)[nH]3)CC2)nc1. The molecule has 3 N–H and O–H groups in total. The second-order valence-electron chi connectivity index (χ2n) is 5.77. The number of H-pyrrole nitrogens is 1. The highest BCUT2D eigenvalue weighted by molar-refractivity contribution is 7.17. The highest BCUT2D eigenvalue weighted by Crippen LogP contribution is 2.19.